The van der Waals surface area contributed by atoms with Crippen LogP contribution < -0.4 is 10.2 Å². The van der Waals surface area contributed by atoms with E-state index >= 15 is 0 Å². The number of nitrogens with zero attached hydrogens (tertiary/aromatic N) is 4. The maximum absolute atomic E-state index is 12.7. The van der Waals surface area contributed by atoms with Crippen LogP contribution in [0.4, 0.5) is 5.69 Å². The average molecular weight is 361 g/mol. The summed E-state index contributed by atoms with van der Waals surface area (Å²) in [6.07, 6.45) is 7.04. The van der Waals surface area contributed by atoms with Crippen LogP contribution in [0.2, 0.25) is 0 Å². The van der Waals surface area contributed by atoms with Gasteiger partial charge in [0.25, 0.3) is 0 Å². The van der Waals surface area contributed by atoms with Crippen molar-refractivity contribution in [1.29, 1.82) is 0 Å². The van der Waals surface area contributed by atoms with Crippen molar-refractivity contribution >= 4 is 22.8 Å². The fourth-order valence-corrected chi connectivity index (χ4v) is 3.60. The van der Waals surface area contributed by atoms with E-state index in [0.29, 0.717) is 18.7 Å². The second-order valence-corrected chi connectivity index (χ2v) is 7.08. The van der Waals surface area contributed by atoms with Crippen molar-refractivity contribution in [3.8, 4) is 0 Å². The van der Waals surface area contributed by atoms with Gasteiger partial charge in [0.05, 0.1) is 17.8 Å². The number of pyridine rings is 1. The minimum absolute atomic E-state index is 0.0129. The zero-order chi connectivity index (χ0) is 18.6. The lowest BCUT2D eigenvalue weighted by atomic mass is 9.96. The van der Waals surface area contributed by atoms with E-state index < -0.39 is 0 Å². The van der Waals surface area contributed by atoms with Gasteiger partial charge >= 0.3 is 0 Å². The first-order chi connectivity index (χ1) is 13.2. The molecule has 6 heteroatoms. The Labute approximate surface area is 158 Å². The topological polar surface area (TPSA) is 71.0 Å². The van der Waals surface area contributed by atoms with Gasteiger partial charge < -0.3 is 10.2 Å². The number of piperidine rings is 1. The molecule has 0 bridgehead atoms. The van der Waals surface area contributed by atoms with E-state index in [2.05, 4.69) is 44.2 Å². The number of nitrogens with one attached hydrogen (secondary N) is 1. The van der Waals surface area contributed by atoms with Crippen molar-refractivity contribution in [2.24, 2.45) is 5.92 Å². The van der Waals surface area contributed by atoms with Crippen LogP contribution in [0.25, 0.3) is 11.2 Å². The normalized spacial score (nSPS) is 17.1. The Morgan fingerprint density at radius 1 is 1.22 bits per heavy atom. The molecule has 1 atom stereocenters. The molecule has 0 saturated carbocycles. The Kier molecular flexibility index (Phi) is 4.96. The lowest BCUT2D eigenvalue weighted by Crippen LogP contribution is -2.43. The third-order valence-corrected chi connectivity index (χ3v) is 5.02. The molecule has 1 aliphatic heterocycles. The van der Waals surface area contributed by atoms with Gasteiger partial charge in [0, 0.05) is 32.0 Å². The van der Waals surface area contributed by atoms with E-state index in [0.717, 1.165) is 36.2 Å². The predicted octanol–water partition coefficient (Wildman–Crippen LogP) is 2.87. The monoisotopic (exact) mass is 361 g/mol. The zero-order valence-corrected chi connectivity index (χ0v) is 15.4. The summed E-state index contributed by atoms with van der Waals surface area (Å²) in [5.41, 5.74) is 4.76. The Morgan fingerprint density at radius 3 is 3.00 bits per heavy atom. The number of anilines is 1. The molecule has 3 heterocycles. The van der Waals surface area contributed by atoms with Crippen molar-refractivity contribution < 1.29 is 4.79 Å². The molecule has 2 aromatic heterocycles. The number of benzene rings is 1. The molecule has 6 nitrogen and oxygen atoms in total. The van der Waals surface area contributed by atoms with Crippen LogP contribution in [0, 0.1) is 12.8 Å². The zero-order valence-electron chi connectivity index (χ0n) is 15.4. The van der Waals surface area contributed by atoms with E-state index in [1.807, 2.05) is 24.4 Å². The minimum atomic E-state index is -0.0129. The lowest BCUT2D eigenvalue weighted by molar-refractivity contribution is -0.125. The van der Waals surface area contributed by atoms with Crippen molar-refractivity contribution in [3.63, 3.8) is 0 Å². The largest absolute Gasteiger partial charge is 0.369 e. The van der Waals surface area contributed by atoms with Crippen LogP contribution >= 0.6 is 0 Å². The molecule has 3 aromatic rings. The molecular formula is C21H23N5O. The van der Waals surface area contributed by atoms with Gasteiger partial charge in [-0.3, -0.25) is 9.78 Å². The number of fused-ring (bicyclic) bond motifs is 1. The van der Waals surface area contributed by atoms with Gasteiger partial charge in [0.1, 0.15) is 5.52 Å². The fraction of sp³-hybridized carbons (Fsp3) is 0.333. The smallest absolute Gasteiger partial charge is 0.225 e. The number of carbonyl (C=O) groups is 1. The first-order valence-corrected chi connectivity index (χ1v) is 9.34. The molecule has 0 aliphatic carbocycles. The quantitative estimate of drug-likeness (QED) is 0.774. The van der Waals surface area contributed by atoms with Crippen molar-refractivity contribution in [3.05, 3.63) is 60.0 Å². The SMILES string of the molecule is Cc1cccc(CNC(=O)[C@H]2CCCN(c3cnc4nccnc4c3)C2)c1. The molecule has 4 rings (SSSR count). The van der Waals surface area contributed by atoms with Crippen LogP contribution in [-0.4, -0.2) is 33.9 Å². The maximum atomic E-state index is 12.7. The van der Waals surface area contributed by atoms with Crippen LogP contribution in [-0.2, 0) is 11.3 Å². The Morgan fingerprint density at radius 2 is 2.11 bits per heavy atom. The second kappa shape index (κ2) is 7.70. The van der Waals surface area contributed by atoms with Gasteiger partial charge in [0.2, 0.25) is 5.91 Å². The van der Waals surface area contributed by atoms with E-state index in [9.17, 15) is 4.79 Å². The van der Waals surface area contributed by atoms with E-state index in [4.69, 9.17) is 0 Å². The first-order valence-electron chi connectivity index (χ1n) is 9.34. The molecule has 0 spiro atoms. The summed E-state index contributed by atoms with van der Waals surface area (Å²) in [4.78, 5) is 27.8. The molecule has 27 heavy (non-hydrogen) atoms. The lowest BCUT2D eigenvalue weighted by Gasteiger charge is -2.33. The van der Waals surface area contributed by atoms with Gasteiger partial charge in [-0.1, -0.05) is 29.8 Å². The van der Waals surface area contributed by atoms with Gasteiger partial charge in [-0.25, -0.2) is 9.97 Å². The predicted molar refractivity (Wildman–Crippen MR) is 105 cm³/mol. The van der Waals surface area contributed by atoms with E-state index in [1.54, 1.807) is 12.4 Å². The summed E-state index contributed by atoms with van der Waals surface area (Å²) in [6, 6.07) is 10.2. The highest BCUT2D eigenvalue weighted by Crippen LogP contribution is 2.24. The number of hydrogen-bond donors (Lipinski definition) is 1. The molecule has 1 amide bonds. The number of aryl methyl sites for hydroxylation is 1. The number of hydrogen-bond acceptors (Lipinski definition) is 5. The Hall–Kier alpha value is -3.02. The number of amides is 1. The van der Waals surface area contributed by atoms with Crippen molar-refractivity contribution in [2.45, 2.75) is 26.3 Å². The summed E-state index contributed by atoms with van der Waals surface area (Å²) in [5.74, 6) is 0.107. The number of carbonyl (C=O) groups excluding carboxylic acids is 1. The third-order valence-electron chi connectivity index (χ3n) is 5.02. The molecule has 1 aliphatic rings. The van der Waals surface area contributed by atoms with Gasteiger partial charge in [-0.15, -0.1) is 0 Å². The maximum Gasteiger partial charge on any atom is 0.225 e. The molecule has 0 radical (unpaired) electrons. The average Bonchev–Trinajstić information content (AvgIpc) is 2.72. The molecule has 1 fully saturated rings. The first kappa shape index (κ1) is 17.4. The van der Waals surface area contributed by atoms with Crippen LogP contribution in [0.5, 0.6) is 0 Å². The summed E-state index contributed by atoms with van der Waals surface area (Å²) in [6.45, 7) is 4.26. The van der Waals surface area contributed by atoms with E-state index in [-0.39, 0.29) is 11.8 Å². The van der Waals surface area contributed by atoms with Gasteiger partial charge in [-0.2, -0.15) is 0 Å². The van der Waals surface area contributed by atoms with Gasteiger partial charge in [0.15, 0.2) is 5.65 Å². The second-order valence-electron chi connectivity index (χ2n) is 7.08. The standard InChI is InChI=1S/C21H23N5O/c1-15-4-2-5-16(10-15)12-25-21(27)17-6-3-9-26(14-17)18-11-19-20(24-13-18)23-8-7-22-19/h2,4-5,7-8,10-11,13,17H,3,6,9,12,14H2,1H3,(H,25,27)/t17-/m0/s1. The van der Waals surface area contributed by atoms with Crippen LogP contribution in [0.15, 0.2) is 48.9 Å². The summed E-state index contributed by atoms with van der Waals surface area (Å²) in [7, 11) is 0. The van der Waals surface area contributed by atoms with Crippen LogP contribution in [0.1, 0.15) is 24.0 Å². The molecular weight excluding hydrogens is 338 g/mol. The molecule has 1 saturated heterocycles. The third kappa shape index (κ3) is 4.05. The minimum Gasteiger partial charge on any atom is -0.369 e. The number of aromatic nitrogens is 3. The van der Waals surface area contributed by atoms with Gasteiger partial charge in [-0.05, 0) is 31.4 Å². The number of rotatable bonds is 4. The highest BCUT2D eigenvalue weighted by Gasteiger charge is 2.26. The Bertz CT molecular complexity index is 958. The molecule has 138 valence electrons. The van der Waals surface area contributed by atoms with Crippen molar-refractivity contribution in [1.82, 2.24) is 20.3 Å². The Balaban J connectivity index is 1.41. The van der Waals surface area contributed by atoms with Crippen LogP contribution in [0.3, 0.4) is 0 Å². The van der Waals surface area contributed by atoms with E-state index in [1.165, 1.54) is 5.56 Å². The molecule has 1 N–H and O–H groups in total. The fourth-order valence-electron chi connectivity index (χ4n) is 3.60. The highest BCUT2D eigenvalue weighted by molar-refractivity contribution is 5.80. The summed E-state index contributed by atoms with van der Waals surface area (Å²) >= 11 is 0. The molecule has 1 aromatic carbocycles. The summed E-state index contributed by atoms with van der Waals surface area (Å²) in [5, 5.41) is 3.09. The molecule has 0 unspecified atom stereocenters. The van der Waals surface area contributed by atoms with Crippen molar-refractivity contribution in [2.75, 3.05) is 18.0 Å². The highest BCUT2D eigenvalue weighted by atomic mass is 16.1. The summed E-state index contributed by atoms with van der Waals surface area (Å²) < 4.78 is 0.